The summed E-state index contributed by atoms with van der Waals surface area (Å²) in [4.78, 5) is 4.50. The fourth-order valence-electron chi connectivity index (χ4n) is 3.18. The van der Waals surface area contributed by atoms with Crippen LogP contribution in [0.1, 0.15) is 36.2 Å². The second-order valence-corrected chi connectivity index (χ2v) is 5.99. The molecule has 142 valence electrons. The maximum atomic E-state index is 6.13. The van der Waals surface area contributed by atoms with Crippen LogP contribution in [0.25, 0.3) is 0 Å². The number of aromatic nitrogens is 2. The number of methoxy groups -OCH3 is 1. The van der Waals surface area contributed by atoms with Crippen LogP contribution < -0.4 is 20.5 Å². The highest BCUT2D eigenvalue weighted by atomic mass is 127. The van der Waals surface area contributed by atoms with Crippen LogP contribution in [-0.2, 0) is 20.0 Å². The molecule has 0 fully saturated rings. The molecule has 1 unspecified atom stereocenters. The number of ether oxygens (including phenoxy) is 2. The van der Waals surface area contributed by atoms with Gasteiger partial charge < -0.3 is 20.5 Å². The van der Waals surface area contributed by atoms with Gasteiger partial charge in [0.1, 0.15) is 5.75 Å². The van der Waals surface area contributed by atoms with Gasteiger partial charge >= 0.3 is 0 Å². The molecule has 3 rings (SSSR count). The van der Waals surface area contributed by atoms with Crippen molar-refractivity contribution < 1.29 is 9.47 Å². The van der Waals surface area contributed by atoms with Gasteiger partial charge in [0.15, 0.2) is 5.96 Å². The first-order chi connectivity index (χ1) is 12.1. The minimum Gasteiger partial charge on any atom is -0.493 e. The molecule has 0 saturated heterocycles. The van der Waals surface area contributed by atoms with Crippen LogP contribution in [0.2, 0.25) is 0 Å². The third-order valence-electron chi connectivity index (χ3n) is 4.39. The Morgan fingerprint density at radius 1 is 1.46 bits per heavy atom. The van der Waals surface area contributed by atoms with Gasteiger partial charge in [0.2, 0.25) is 5.88 Å². The molecule has 26 heavy (non-hydrogen) atoms. The van der Waals surface area contributed by atoms with Crippen LogP contribution in [0.5, 0.6) is 11.6 Å². The predicted octanol–water partition coefficient (Wildman–Crippen LogP) is 2.54. The van der Waals surface area contributed by atoms with Crippen molar-refractivity contribution in [2.45, 2.75) is 32.4 Å². The molecule has 1 aliphatic rings. The van der Waals surface area contributed by atoms with E-state index in [1.54, 1.807) is 11.8 Å². The minimum absolute atomic E-state index is 0. The summed E-state index contributed by atoms with van der Waals surface area (Å²) >= 11 is 0. The molecule has 0 amide bonds. The molecule has 0 bridgehead atoms. The Morgan fingerprint density at radius 2 is 2.23 bits per heavy atom. The molecule has 1 aromatic heterocycles. The number of nitrogens with one attached hydrogen (secondary N) is 1. The number of hydrogen-bond acceptors (Lipinski definition) is 4. The first-order valence-corrected chi connectivity index (χ1v) is 8.51. The van der Waals surface area contributed by atoms with Gasteiger partial charge in [-0.05, 0) is 12.5 Å². The van der Waals surface area contributed by atoms with Crippen molar-refractivity contribution in [3.05, 3.63) is 41.1 Å². The van der Waals surface area contributed by atoms with Crippen molar-refractivity contribution in [2.75, 3.05) is 13.7 Å². The lowest BCUT2D eigenvalue weighted by Gasteiger charge is -2.26. The zero-order chi connectivity index (χ0) is 17.8. The van der Waals surface area contributed by atoms with Crippen LogP contribution in [0.3, 0.4) is 0 Å². The van der Waals surface area contributed by atoms with Crippen LogP contribution in [-0.4, -0.2) is 29.5 Å². The van der Waals surface area contributed by atoms with Crippen molar-refractivity contribution in [1.82, 2.24) is 15.1 Å². The number of aliphatic imine (C=N–C) groups is 1. The molecular weight excluding hydrogens is 445 g/mol. The van der Waals surface area contributed by atoms with E-state index in [-0.39, 0.29) is 30.0 Å². The lowest BCUT2D eigenvalue weighted by Crippen LogP contribution is -2.37. The van der Waals surface area contributed by atoms with E-state index in [2.05, 4.69) is 28.4 Å². The summed E-state index contributed by atoms with van der Waals surface area (Å²) < 4.78 is 12.9. The van der Waals surface area contributed by atoms with Crippen molar-refractivity contribution in [3.8, 4) is 11.6 Å². The summed E-state index contributed by atoms with van der Waals surface area (Å²) in [7, 11) is 3.51. The molecule has 0 saturated carbocycles. The highest BCUT2D eigenvalue weighted by molar-refractivity contribution is 14.0. The summed E-state index contributed by atoms with van der Waals surface area (Å²) in [5.41, 5.74) is 9.20. The number of rotatable bonds is 5. The molecule has 1 atom stereocenters. The summed E-state index contributed by atoms with van der Waals surface area (Å²) in [5, 5.41) is 7.77. The van der Waals surface area contributed by atoms with E-state index in [1.165, 1.54) is 0 Å². The molecule has 2 heterocycles. The number of hydrogen-bond donors (Lipinski definition) is 2. The van der Waals surface area contributed by atoms with E-state index in [4.69, 9.17) is 15.2 Å². The van der Waals surface area contributed by atoms with Crippen molar-refractivity contribution in [2.24, 2.45) is 17.8 Å². The maximum absolute atomic E-state index is 6.13. The number of benzene rings is 1. The van der Waals surface area contributed by atoms with E-state index in [9.17, 15) is 0 Å². The van der Waals surface area contributed by atoms with Crippen molar-refractivity contribution in [3.63, 3.8) is 0 Å². The van der Waals surface area contributed by atoms with Crippen LogP contribution in [0.15, 0.2) is 29.3 Å². The summed E-state index contributed by atoms with van der Waals surface area (Å²) in [5.74, 6) is 2.04. The van der Waals surface area contributed by atoms with Gasteiger partial charge in [0.25, 0.3) is 0 Å². The van der Waals surface area contributed by atoms with Gasteiger partial charge in [-0.3, -0.25) is 0 Å². The second-order valence-electron chi connectivity index (χ2n) is 5.99. The zero-order valence-corrected chi connectivity index (χ0v) is 17.7. The fourth-order valence-corrected chi connectivity index (χ4v) is 3.18. The quantitative estimate of drug-likeness (QED) is 0.398. The molecule has 1 aromatic carbocycles. The number of halogens is 1. The lowest BCUT2D eigenvalue weighted by atomic mass is 10.0. The van der Waals surface area contributed by atoms with E-state index in [0.29, 0.717) is 19.1 Å². The van der Waals surface area contributed by atoms with Gasteiger partial charge in [0, 0.05) is 19.0 Å². The Bertz CT molecular complexity index is 775. The van der Waals surface area contributed by atoms with E-state index < -0.39 is 0 Å². The molecule has 0 spiro atoms. The van der Waals surface area contributed by atoms with Gasteiger partial charge in [-0.1, -0.05) is 25.1 Å². The second kappa shape index (κ2) is 9.11. The summed E-state index contributed by atoms with van der Waals surface area (Å²) in [6.07, 6.45) is 1.67. The summed E-state index contributed by atoms with van der Waals surface area (Å²) in [6, 6.07) is 8.11. The van der Waals surface area contributed by atoms with E-state index in [1.807, 2.05) is 25.2 Å². The average Bonchev–Trinajstić information content (AvgIpc) is 2.95. The molecule has 1 aliphatic heterocycles. The van der Waals surface area contributed by atoms with Gasteiger partial charge in [-0.25, -0.2) is 9.67 Å². The minimum atomic E-state index is 0. The zero-order valence-electron chi connectivity index (χ0n) is 15.4. The Balaban J connectivity index is 0.00000243. The molecular formula is C18H26IN5O2. The Kier molecular flexibility index (Phi) is 7.13. The van der Waals surface area contributed by atoms with Crippen LogP contribution >= 0.6 is 24.0 Å². The molecule has 0 aliphatic carbocycles. The molecule has 3 N–H and O–H groups in total. The van der Waals surface area contributed by atoms with Crippen molar-refractivity contribution in [1.29, 1.82) is 0 Å². The van der Waals surface area contributed by atoms with E-state index >= 15 is 0 Å². The normalized spacial score (nSPS) is 16.3. The summed E-state index contributed by atoms with van der Waals surface area (Å²) in [6.45, 7) is 3.16. The average molecular weight is 471 g/mol. The van der Waals surface area contributed by atoms with Gasteiger partial charge in [-0.2, -0.15) is 5.10 Å². The third-order valence-corrected chi connectivity index (χ3v) is 4.39. The predicted molar refractivity (Wildman–Crippen MR) is 112 cm³/mol. The number of nitrogens with zero attached hydrogens (tertiary/aromatic N) is 3. The van der Waals surface area contributed by atoms with E-state index in [0.717, 1.165) is 41.3 Å². The monoisotopic (exact) mass is 471 g/mol. The highest BCUT2D eigenvalue weighted by Gasteiger charge is 2.21. The fraction of sp³-hybridized carbons (Fsp3) is 0.444. The SMILES string of the molecule is CCc1nn(C)c(OC)c1CN=C(N)NC1CCOc2ccccc21.I. The Labute approximate surface area is 171 Å². The lowest BCUT2D eigenvalue weighted by molar-refractivity contribution is 0.262. The topological polar surface area (TPSA) is 86.7 Å². The molecule has 0 radical (unpaired) electrons. The highest BCUT2D eigenvalue weighted by Crippen LogP contribution is 2.31. The van der Waals surface area contributed by atoms with Gasteiger partial charge in [0.05, 0.1) is 37.6 Å². The standard InChI is InChI=1S/C18H25N5O2.HI/c1-4-14-13(17(24-3)23(2)22-14)11-20-18(19)21-15-9-10-25-16-8-6-5-7-12(15)16;/h5-8,15H,4,9-11H2,1-3H3,(H3,19,20,21);1H. The number of guanidine groups is 1. The smallest absolute Gasteiger partial charge is 0.216 e. The molecule has 7 nitrogen and oxygen atoms in total. The Morgan fingerprint density at radius 3 is 2.96 bits per heavy atom. The number of para-hydroxylation sites is 1. The first kappa shape index (κ1) is 20.3. The number of nitrogens with two attached hydrogens (primary N) is 1. The maximum Gasteiger partial charge on any atom is 0.216 e. The largest absolute Gasteiger partial charge is 0.493 e. The van der Waals surface area contributed by atoms with Crippen LogP contribution in [0.4, 0.5) is 0 Å². The number of fused-ring (bicyclic) bond motifs is 1. The van der Waals surface area contributed by atoms with Gasteiger partial charge in [-0.15, -0.1) is 24.0 Å². The molecule has 2 aromatic rings. The number of aryl methyl sites for hydroxylation is 2. The third kappa shape index (κ3) is 4.22. The van der Waals surface area contributed by atoms with Crippen LogP contribution in [0, 0.1) is 0 Å². The Hall–Kier alpha value is -1.97. The van der Waals surface area contributed by atoms with Crippen molar-refractivity contribution >= 4 is 29.9 Å². The first-order valence-electron chi connectivity index (χ1n) is 8.51. The molecule has 8 heteroatoms.